The number of nitrogens with two attached hydrogens (primary N) is 1. The smallest absolute Gasteiger partial charge is 0.312 e. The number of urea groups is 1. The van der Waals surface area contributed by atoms with E-state index in [4.69, 9.17) is 15.2 Å². The van der Waals surface area contributed by atoms with Crippen LogP contribution in [0.2, 0.25) is 0 Å². The van der Waals surface area contributed by atoms with Gasteiger partial charge in [-0.25, -0.2) is 4.79 Å². The zero-order chi connectivity index (χ0) is 17.7. The number of hydrogen-bond acceptors (Lipinski definition) is 5. The molecule has 2 atom stereocenters. The second-order valence-corrected chi connectivity index (χ2v) is 5.57. The molecule has 9 nitrogen and oxygen atoms in total. The summed E-state index contributed by atoms with van der Waals surface area (Å²) in [5.41, 5.74) is 9.54. The molecule has 1 aliphatic heterocycles. The maximum absolute atomic E-state index is 12.1. The molecule has 0 aliphatic carbocycles. The molecule has 0 unspecified atom stereocenters. The number of benzene rings is 1. The summed E-state index contributed by atoms with van der Waals surface area (Å²) in [6, 6.07) is 5.27. The van der Waals surface area contributed by atoms with Crippen LogP contribution in [0.5, 0.6) is 11.5 Å². The monoisotopic (exact) mass is 336 g/mol. The van der Waals surface area contributed by atoms with E-state index in [1.807, 2.05) is 0 Å². The Labute approximate surface area is 138 Å². The maximum atomic E-state index is 12.1. The van der Waals surface area contributed by atoms with Crippen molar-refractivity contribution in [2.75, 3.05) is 6.61 Å². The number of fused-ring (bicyclic) bond motifs is 1. The van der Waals surface area contributed by atoms with Gasteiger partial charge in [0.1, 0.15) is 12.6 Å². The molecule has 0 aromatic heterocycles. The molecule has 9 heteroatoms. The molecule has 1 aromatic rings. The molecule has 1 aromatic carbocycles. The summed E-state index contributed by atoms with van der Waals surface area (Å²) < 4.78 is 11.0. The highest BCUT2D eigenvalue weighted by atomic mass is 16.6. The molecular weight excluding hydrogens is 316 g/mol. The van der Waals surface area contributed by atoms with E-state index in [-0.39, 0.29) is 12.5 Å². The van der Waals surface area contributed by atoms with Gasteiger partial charge in [0.05, 0.1) is 0 Å². The number of amides is 4. The Morgan fingerprint density at radius 3 is 2.46 bits per heavy atom. The molecular formula is C15H20N4O5. The molecule has 1 heterocycles. The van der Waals surface area contributed by atoms with Crippen molar-refractivity contribution < 1.29 is 23.9 Å². The van der Waals surface area contributed by atoms with Crippen molar-refractivity contribution in [1.29, 1.82) is 0 Å². The van der Waals surface area contributed by atoms with Gasteiger partial charge in [0, 0.05) is 0 Å². The standard InChI is InChI=1S/C15H20N4O5/c1-8(2)12(17-15(16)22)14(21)19-18-13(20)11-7-23-9-5-3-4-6-10(9)24-11/h3-6,8,11-12H,7H2,1-2H3,(H,18,20)(H,19,21)(H3,16,17,22)/t11-,12-/m0/s1. The third kappa shape index (κ3) is 4.28. The Hall–Kier alpha value is -2.97. The van der Waals surface area contributed by atoms with E-state index in [0.717, 1.165) is 0 Å². The first-order valence-electron chi connectivity index (χ1n) is 7.42. The first-order valence-corrected chi connectivity index (χ1v) is 7.42. The van der Waals surface area contributed by atoms with Crippen LogP contribution in [-0.2, 0) is 9.59 Å². The number of ether oxygens (including phenoxy) is 2. The quantitative estimate of drug-likeness (QED) is 0.559. The minimum Gasteiger partial charge on any atom is -0.485 e. The van der Waals surface area contributed by atoms with Crippen LogP contribution in [0.25, 0.3) is 0 Å². The van der Waals surface area contributed by atoms with Crippen molar-refractivity contribution in [2.45, 2.75) is 26.0 Å². The van der Waals surface area contributed by atoms with Crippen molar-refractivity contribution >= 4 is 17.8 Å². The lowest BCUT2D eigenvalue weighted by molar-refractivity contribution is -0.135. The van der Waals surface area contributed by atoms with Crippen LogP contribution in [0.1, 0.15) is 13.8 Å². The Balaban J connectivity index is 1.89. The third-order valence-electron chi connectivity index (χ3n) is 3.36. The summed E-state index contributed by atoms with van der Waals surface area (Å²) >= 11 is 0. The average molecular weight is 336 g/mol. The lowest BCUT2D eigenvalue weighted by Crippen LogP contribution is -2.57. The molecule has 4 amide bonds. The summed E-state index contributed by atoms with van der Waals surface area (Å²) in [4.78, 5) is 35.0. The van der Waals surface area contributed by atoms with Crippen LogP contribution < -0.4 is 31.4 Å². The van der Waals surface area contributed by atoms with E-state index >= 15 is 0 Å². The van der Waals surface area contributed by atoms with Gasteiger partial charge in [-0.3, -0.25) is 20.4 Å². The zero-order valence-electron chi connectivity index (χ0n) is 13.4. The molecule has 0 saturated heterocycles. The molecule has 0 spiro atoms. The largest absolute Gasteiger partial charge is 0.485 e. The Kier molecular flexibility index (Phi) is 5.46. The highest BCUT2D eigenvalue weighted by Crippen LogP contribution is 2.30. The van der Waals surface area contributed by atoms with Crippen LogP contribution in [-0.4, -0.2) is 36.6 Å². The number of primary amides is 1. The summed E-state index contributed by atoms with van der Waals surface area (Å²) in [6.45, 7) is 3.49. The summed E-state index contributed by atoms with van der Waals surface area (Å²) in [5.74, 6) is -0.369. The van der Waals surface area contributed by atoms with Gasteiger partial charge in [-0.1, -0.05) is 26.0 Å². The van der Waals surface area contributed by atoms with Gasteiger partial charge in [0.25, 0.3) is 11.8 Å². The molecule has 0 bridgehead atoms. The lowest BCUT2D eigenvalue weighted by Gasteiger charge is -2.26. The van der Waals surface area contributed by atoms with Crippen molar-refractivity contribution in [3.63, 3.8) is 0 Å². The van der Waals surface area contributed by atoms with E-state index < -0.39 is 30.0 Å². The van der Waals surface area contributed by atoms with E-state index in [1.54, 1.807) is 38.1 Å². The predicted octanol–water partition coefficient (Wildman–Crippen LogP) is -0.333. The van der Waals surface area contributed by atoms with E-state index in [9.17, 15) is 14.4 Å². The number of hydrogen-bond donors (Lipinski definition) is 4. The zero-order valence-corrected chi connectivity index (χ0v) is 13.4. The second kappa shape index (κ2) is 7.53. The molecule has 0 saturated carbocycles. The van der Waals surface area contributed by atoms with Gasteiger partial charge in [0.15, 0.2) is 11.5 Å². The molecule has 2 rings (SSSR count). The van der Waals surface area contributed by atoms with Gasteiger partial charge in [0.2, 0.25) is 6.10 Å². The SMILES string of the molecule is CC(C)[C@H](NC(N)=O)C(=O)NNC(=O)[C@@H]1COc2ccccc2O1. The lowest BCUT2D eigenvalue weighted by atomic mass is 10.0. The first-order chi connectivity index (χ1) is 11.4. The normalized spacial score (nSPS) is 16.9. The van der Waals surface area contributed by atoms with E-state index in [1.165, 1.54) is 0 Å². The van der Waals surface area contributed by atoms with Crippen LogP contribution in [0.15, 0.2) is 24.3 Å². The van der Waals surface area contributed by atoms with Crippen LogP contribution >= 0.6 is 0 Å². The first kappa shape index (κ1) is 17.4. The van der Waals surface area contributed by atoms with Gasteiger partial charge in [-0.05, 0) is 18.1 Å². The fourth-order valence-corrected chi connectivity index (χ4v) is 2.12. The Bertz CT molecular complexity index is 634. The summed E-state index contributed by atoms with van der Waals surface area (Å²) in [6.07, 6.45) is -0.901. The van der Waals surface area contributed by atoms with E-state index in [0.29, 0.717) is 11.5 Å². The maximum Gasteiger partial charge on any atom is 0.312 e. The summed E-state index contributed by atoms with van der Waals surface area (Å²) in [5, 5.41) is 2.31. The number of hydrazine groups is 1. The van der Waals surface area contributed by atoms with Crippen LogP contribution in [0, 0.1) is 5.92 Å². The highest BCUT2D eigenvalue weighted by molar-refractivity contribution is 5.89. The molecule has 0 fully saturated rings. The number of carbonyl (C=O) groups is 3. The van der Waals surface area contributed by atoms with Crippen molar-refractivity contribution in [2.24, 2.45) is 11.7 Å². The molecule has 24 heavy (non-hydrogen) atoms. The average Bonchev–Trinajstić information content (AvgIpc) is 2.56. The molecule has 0 radical (unpaired) electrons. The topological polar surface area (TPSA) is 132 Å². The molecule has 130 valence electrons. The van der Waals surface area contributed by atoms with Crippen molar-refractivity contribution in [1.82, 2.24) is 16.2 Å². The number of para-hydroxylation sites is 2. The minimum atomic E-state index is -0.901. The van der Waals surface area contributed by atoms with E-state index in [2.05, 4.69) is 16.2 Å². The second-order valence-electron chi connectivity index (χ2n) is 5.57. The Morgan fingerprint density at radius 2 is 1.83 bits per heavy atom. The van der Waals surface area contributed by atoms with Gasteiger partial charge in [-0.2, -0.15) is 0 Å². The van der Waals surface area contributed by atoms with Crippen LogP contribution in [0.3, 0.4) is 0 Å². The van der Waals surface area contributed by atoms with Crippen LogP contribution in [0.4, 0.5) is 4.79 Å². The fraction of sp³-hybridized carbons (Fsp3) is 0.400. The number of rotatable bonds is 4. The predicted molar refractivity (Wildman–Crippen MR) is 84.0 cm³/mol. The van der Waals surface area contributed by atoms with Crippen molar-refractivity contribution in [3.05, 3.63) is 24.3 Å². The number of carbonyl (C=O) groups excluding carboxylic acids is 3. The van der Waals surface area contributed by atoms with Crippen molar-refractivity contribution in [3.8, 4) is 11.5 Å². The Morgan fingerprint density at radius 1 is 1.17 bits per heavy atom. The summed E-state index contributed by atoms with van der Waals surface area (Å²) in [7, 11) is 0. The van der Waals surface area contributed by atoms with Gasteiger partial charge in [-0.15, -0.1) is 0 Å². The molecule has 1 aliphatic rings. The third-order valence-corrected chi connectivity index (χ3v) is 3.36. The highest BCUT2D eigenvalue weighted by Gasteiger charge is 2.29. The minimum absolute atomic E-state index is 0.0197. The van der Waals surface area contributed by atoms with Gasteiger partial charge >= 0.3 is 6.03 Å². The number of nitrogens with one attached hydrogen (secondary N) is 3. The fourth-order valence-electron chi connectivity index (χ4n) is 2.12. The molecule has 5 N–H and O–H groups in total. The van der Waals surface area contributed by atoms with Gasteiger partial charge < -0.3 is 20.5 Å².